The second-order valence-electron chi connectivity index (χ2n) is 8.01. The first-order valence-corrected chi connectivity index (χ1v) is 11.9. The summed E-state index contributed by atoms with van der Waals surface area (Å²) in [6.07, 6.45) is 4.24. The van der Waals surface area contributed by atoms with E-state index in [-0.39, 0.29) is 42.7 Å². The smallest absolute Gasteiger partial charge is 0.344 e. The number of ether oxygens (including phenoxy) is 2. The van der Waals surface area contributed by atoms with Crippen molar-refractivity contribution in [2.24, 2.45) is 0 Å². The second-order valence-corrected chi connectivity index (χ2v) is 10.2. The largest absolute Gasteiger partial charge is 0.482 e. The fraction of sp³-hybridized carbons (Fsp3) is 0.619. The van der Waals surface area contributed by atoms with Gasteiger partial charge in [0.15, 0.2) is 23.1 Å². The van der Waals surface area contributed by atoms with Gasteiger partial charge in [0, 0.05) is 12.1 Å². The Balaban J connectivity index is 1.54. The van der Waals surface area contributed by atoms with E-state index < -0.39 is 15.8 Å². The van der Waals surface area contributed by atoms with Crippen molar-refractivity contribution in [3.63, 3.8) is 0 Å². The minimum absolute atomic E-state index is 0.000994. The molecule has 1 heterocycles. The molecule has 1 aromatic rings. The van der Waals surface area contributed by atoms with Crippen LogP contribution in [0.15, 0.2) is 18.2 Å². The Bertz CT molecular complexity index is 860. The molecule has 160 valence electrons. The lowest BCUT2D eigenvalue weighted by Crippen LogP contribution is -2.48. The number of carbonyl (C=O) groups is 2. The Kier molecular flexibility index (Phi) is 6.82. The summed E-state index contributed by atoms with van der Waals surface area (Å²) in [6.45, 7) is 3.20. The number of hydrogen-bond donors (Lipinski definition) is 0. The zero-order valence-electron chi connectivity index (χ0n) is 17.1. The quantitative estimate of drug-likeness (QED) is 0.625. The monoisotopic (exact) mass is 423 g/mol. The molecule has 8 heteroatoms. The average Bonchev–Trinajstić information content (AvgIpc) is 3.29. The van der Waals surface area contributed by atoms with Gasteiger partial charge in [-0.3, -0.25) is 4.79 Å². The van der Waals surface area contributed by atoms with Gasteiger partial charge in [-0.1, -0.05) is 30.5 Å². The number of benzene rings is 1. The normalized spacial score (nSPS) is 21.1. The highest BCUT2D eigenvalue weighted by Gasteiger charge is 2.39. The van der Waals surface area contributed by atoms with Crippen LogP contribution >= 0.6 is 0 Å². The predicted octanol–water partition coefficient (Wildman–Crippen LogP) is 2.18. The van der Waals surface area contributed by atoms with Crippen LogP contribution in [0.5, 0.6) is 5.75 Å². The van der Waals surface area contributed by atoms with Crippen LogP contribution in [0.2, 0.25) is 0 Å². The fourth-order valence-corrected chi connectivity index (χ4v) is 5.95. The number of amides is 1. The molecule has 0 bridgehead atoms. The van der Waals surface area contributed by atoms with Crippen molar-refractivity contribution >= 4 is 21.7 Å². The maximum Gasteiger partial charge on any atom is 0.344 e. The highest BCUT2D eigenvalue weighted by molar-refractivity contribution is 7.91. The van der Waals surface area contributed by atoms with Crippen molar-refractivity contribution in [3.05, 3.63) is 29.3 Å². The molecule has 2 fully saturated rings. The molecule has 0 unspecified atom stereocenters. The number of sulfone groups is 1. The van der Waals surface area contributed by atoms with Crippen LogP contribution < -0.4 is 4.74 Å². The van der Waals surface area contributed by atoms with Crippen LogP contribution in [-0.2, 0) is 24.2 Å². The van der Waals surface area contributed by atoms with Gasteiger partial charge in [0.1, 0.15) is 5.75 Å². The van der Waals surface area contributed by atoms with Gasteiger partial charge in [-0.25, -0.2) is 13.2 Å². The van der Waals surface area contributed by atoms with E-state index in [1.165, 1.54) is 0 Å². The first-order chi connectivity index (χ1) is 13.7. The van der Waals surface area contributed by atoms with E-state index in [2.05, 4.69) is 0 Å². The van der Waals surface area contributed by atoms with Crippen molar-refractivity contribution in [1.29, 1.82) is 0 Å². The third-order valence-electron chi connectivity index (χ3n) is 5.64. The molecule has 1 aliphatic heterocycles. The Morgan fingerprint density at radius 3 is 2.41 bits per heavy atom. The topological polar surface area (TPSA) is 90.0 Å². The van der Waals surface area contributed by atoms with Gasteiger partial charge in [0.2, 0.25) is 0 Å². The Morgan fingerprint density at radius 1 is 1.07 bits per heavy atom. The van der Waals surface area contributed by atoms with Crippen molar-refractivity contribution in [1.82, 2.24) is 4.90 Å². The predicted molar refractivity (Wildman–Crippen MR) is 109 cm³/mol. The molecule has 0 N–H and O–H groups in total. The van der Waals surface area contributed by atoms with E-state index in [1.807, 2.05) is 26.0 Å². The molecular formula is C21H29NO6S. The molecular weight excluding hydrogens is 394 g/mol. The van der Waals surface area contributed by atoms with Gasteiger partial charge in [-0.2, -0.15) is 0 Å². The third-order valence-corrected chi connectivity index (χ3v) is 7.39. The standard InChI is InChI=1S/C21H29NO6S/c1-15-7-8-19(16(2)11-15)27-13-21(24)28-12-20(23)22(17-5-3-4-6-17)18-9-10-29(25,26)14-18/h7-8,11,17-18H,3-6,9-10,12-14H2,1-2H3/t18-/m0/s1. The minimum Gasteiger partial charge on any atom is -0.482 e. The molecule has 0 aromatic heterocycles. The van der Waals surface area contributed by atoms with Crippen LogP contribution in [-0.4, -0.2) is 62.0 Å². The van der Waals surface area contributed by atoms with Gasteiger partial charge >= 0.3 is 5.97 Å². The van der Waals surface area contributed by atoms with E-state index in [9.17, 15) is 18.0 Å². The van der Waals surface area contributed by atoms with Gasteiger partial charge in [-0.05, 0) is 44.7 Å². The van der Waals surface area contributed by atoms with Gasteiger partial charge in [0.05, 0.1) is 11.5 Å². The molecule has 29 heavy (non-hydrogen) atoms. The summed E-state index contributed by atoms with van der Waals surface area (Å²) in [6, 6.07) is 5.36. The van der Waals surface area contributed by atoms with Crippen molar-refractivity contribution in [2.45, 2.75) is 58.0 Å². The van der Waals surface area contributed by atoms with Crippen LogP contribution in [0.25, 0.3) is 0 Å². The summed E-state index contributed by atoms with van der Waals surface area (Å²) >= 11 is 0. The number of rotatable bonds is 7. The lowest BCUT2D eigenvalue weighted by molar-refractivity contribution is -0.155. The summed E-state index contributed by atoms with van der Waals surface area (Å²) in [4.78, 5) is 26.5. The molecule has 1 aliphatic carbocycles. The summed E-state index contributed by atoms with van der Waals surface area (Å²) < 4.78 is 34.4. The summed E-state index contributed by atoms with van der Waals surface area (Å²) in [5.74, 6) is -0.235. The van der Waals surface area contributed by atoms with Gasteiger partial charge in [0.25, 0.3) is 5.91 Å². The number of hydrogen-bond acceptors (Lipinski definition) is 6. The lowest BCUT2D eigenvalue weighted by atomic mass is 10.1. The lowest BCUT2D eigenvalue weighted by Gasteiger charge is -2.33. The number of esters is 1. The van der Waals surface area contributed by atoms with Crippen LogP contribution in [0.3, 0.4) is 0 Å². The molecule has 0 spiro atoms. The zero-order valence-corrected chi connectivity index (χ0v) is 17.9. The zero-order chi connectivity index (χ0) is 21.0. The number of aryl methyl sites for hydroxylation is 2. The molecule has 0 radical (unpaired) electrons. The van der Waals surface area contributed by atoms with E-state index >= 15 is 0 Å². The molecule has 7 nitrogen and oxygen atoms in total. The van der Waals surface area contributed by atoms with Crippen molar-refractivity contribution < 1.29 is 27.5 Å². The van der Waals surface area contributed by atoms with E-state index in [0.717, 1.165) is 36.8 Å². The molecule has 3 rings (SSSR count). The molecule has 1 saturated heterocycles. The minimum atomic E-state index is -3.10. The van der Waals surface area contributed by atoms with Crippen LogP contribution in [0.1, 0.15) is 43.2 Å². The SMILES string of the molecule is Cc1ccc(OCC(=O)OCC(=O)N(C2CCCC2)[C@H]2CCS(=O)(=O)C2)c(C)c1. The fourth-order valence-electron chi connectivity index (χ4n) is 4.24. The molecule has 1 saturated carbocycles. The van der Waals surface area contributed by atoms with E-state index in [4.69, 9.17) is 9.47 Å². The van der Waals surface area contributed by atoms with Crippen LogP contribution in [0, 0.1) is 13.8 Å². The summed E-state index contributed by atoms with van der Waals surface area (Å²) in [5, 5.41) is 0. The first-order valence-electron chi connectivity index (χ1n) is 10.1. The molecule has 1 amide bonds. The number of nitrogens with zero attached hydrogens (tertiary/aromatic N) is 1. The summed E-state index contributed by atoms with van der Waals surface area (Å²) in [5.41, 5.74) is 2.02. The van der Waals surface area contributed by atoms with Crippen molar-refractivity contribution in [2.75, 3.05) is 24.7 Å². The Labute approximate surface area is 172 Å². The molecule has 2 aliphatic rings. The average molecular weight is 424 g/mol. The maximum absolute atomic E-state index is 12.8. The summed E-state index contributed by atoms with van der Waals surface area (Å²) in [7, 11) is -3.10. The molecule has 1 atom stereocenters. The van der Waals surface area contributed by atoms with E-state index in [0.29, 0.717) is 12.2 Å². The van der Waals surface area contributed by atoms with E-state index in [1.54, 1.807) is 11.0 Å². The number of carbonyl (C=O) groups excluding carboxylic acids is 2. The highest BCUT2D eigenvalue weighted by Crippen LogP contribution is 2.29. The molecule has 1 aromatic carbocycles. The van der Waals surface area contributed by atoms with Crippen molar-refractivity contribution in [3.8, 4) is 5.75 Å². The van der Waals surface area contributed by atoms with Gasteiger partial charge < -0.3 is 14.4 Å². The Hall–Kier alpha value is -2.09. The maximum atomic E-state index is 12.8. The highest BCUT2D eigenvalue weighted by atomic mass is 32.2. The second kappa shape index (κ2) is 9.15. The first kappa shape index (κ1) is 21.6. The third kappa shape index (κ3) is 5.72. The Morgan fingerprint density at radius 2 is 1.79 bits per heavy atom. The van der Waals surface area contributed by atoms with Gasteiger partial charge in [-0.15, -0.1) is 0 Å². The van der Waals surface area contributed by atoms with Crippen LogP contribution in [0.4, 0.5) is 0 Å².